The van der Waals surface area contributed by atoms with Crippen LogP contribution >= 0.6 is 0 Å². The molecule has 0 saturated carbocycles. The number of halogens is 5. The summed E-state index contributed by atoms with van der Waals surface area (Å²) in [5.41, 5.74) is 0. The van der Waals surface area contributed by atoms with Crippen LogP contribution in [0.15, 0.2) is 0 Å². The Hall–Kier alpha value is -1.78. The Labute approximate surface area is 223 Å². The highest BCUT2D eigenvalue weighted by Crippen LogP contribution is 2.29. The van der Waals surface area contributed by atoms with Crippen molar-refractivity contribution in [1.82, 2.24) is 0 Å². The number of hydrogen-bond acceptors (Lipinski definition) is 5. The highest BCUT2D eigenvalue weighted by molar-refractivity contribution is 5.72. The van der Waals surface area contributed by atoms with Gasteiger partial charge in [0.05, 0.1) is 39.5 Å². The van der Waals surface area contributed by atoms with Gasteiger partial charge in [0, 0.05) is 6.61 Å². The van der Waals surface area contributed by atoms with Crippen LogP contribution in [-0.4, -0.2) is 45.6 Å². The van der Waals surface area contributed by atoms with Crippen molar-refractivity contribution in [3.05, 3.63) is 29.1 Å². The normalized spacial score (nSPS) is 11.3. The topological polar surface area (TPSA) is 54.0 Å². The first-order chi connectivity index (χ1) is 18.4. The van der Waals surface area contributed by atoms with Crippen LogP contribution in [0.5, 0.6) is 5.75 Å². The minimum atomic E-state index is -2.33. The lowest BCUT2D eigenvalue weighted by Gasteiger charge is -2.09. The molecule has 0 aliphatic rings. The van der Waals surface area contributed by atoms with Gasteiger partial charge in [-0.25, -0.2) is 13.2 Å². The van der Waals surface area contributed by atoms with Gasteiger partial charge in [-0.1, -0.05) is 84.0 Å². The van der Waals surface area contributed by atoms with Gasteiger partial charge < -0.3 is 18.9 Å². The lowest BCUT2D eigenvalue weighted by Crippen LogP contribution is -2.16. The second-order valence-electron chi connectivity index (χ2n) is 9.20. The van der Waals surface area contributed by atoms with Crippen molar-refractivity contribution < 1.29 is 45.7 Å². The van der Waals surface area contributed by atoms with Crippen molar-refractivity contribution in [3.8, 4) is 5.75 Å². The van der Waals surface area contributed by atoms with Gasteiger partial charge in [-0.3, -0.25) is 4.79 Å². The summed E-state index contributed by atoms with van der Waals surface area (Å²) < 4.78 is 86.5. The number of carbonyl (C=O) groups excluding carboxylic acids is 1. The molecule has 1 aromatic carbocycles. The molecule has 5 nitrogen and oxygen atoms in total. The summed E-state index contributed by atoms with van der Waals surface area (Å²) in [5.74, 6) is -13.9. The van der Waals surface area contributed by atoms with Crippen molar-refractivity contribution in [2.75, 3.05) is 39.6 Å². The zero-order valence-electron chi connectivity index (χ0n) is 22.6. The van der Waals surface area contributed by atoms with Crippen LogP contribution < -0.4 is 4.74 Å². The van der Waals surface area contributed by atoms with Crippen LogP contribution in [0.25, 0.3) is 0 Å². The summed E-state index contributed by atoms with van der Waals surface area (Å²) in [6, 6.07) is 0. The van der Waals surface area contributed by atoms with Crippen molar-refractivity contribution in [2.45, 2.75) is 96.8 Å². The van der Waals surface area contributed by atoms with Gasteiger partial charge in [-0.15, -0.1) is 0 Å². The van der Waals surface area contributed by atoms with E-state index in [4.69, 9.17) is 14.2 Å². The lowest BCUT2D eigenvalue weighted by molar-refractivity contribution is -0.136. The van der Waals surface area contributed by atoms with E-state index in [0.717, 1.165) is 6.42 Å². The fourth-order valence-electron chi connectivity index (χ4n) is 3.76. The van der Waals surface area contributed by atoms with Crippen LogP contribution in [-0.2, 0) is 19.0 Å². The largest absolute Gasteiger partial charge is 0.420 e. The standard InChI is InChI=1S/C28H43F5O5/c1-2-3-4-5-6-7-8-9-10-11-12-13-14-16-35-18-20-37-21-19-36-17-15-22(34)38-28-26(32)24(30)23(29)25(31)27(28)33/h2-21H2,1H3. The molecule has 0 bridgehead atoms. The summed E-state index contributed by atoms with van der Waals surface area (Å²) in [4.78, 5) is 11.6. The van der Waals surface area contributed by atoms with Crippen molar-refractivity contribution >= 4 is 5.97 Å². The summed E-state index contributed by atoms with van der Waals surface area (Å²) in [7, 11) is 0. The molecular formula is C28H43F5O5. The molecule has 0 atom stereocenters. The molecule has 0 saturated heterocycles. The molecule has 0 aliphatic carbocycles. The second kappa shape index (κ2) is 22.1. The van der Waals surface area contributed by atoms with Crippen molar-refractivity contribution in [2.24, 2.45) is 0 Å². The zero-order chi connectivity index (χ0) is 28.0. The lowest BCUT2D eigenvalue weighted by atomic mass is 10.0. The van der Waals surface area contributed by atoms with Gasteiger partial charge in [0.2, 0.25) is 34.8 Å². The Morgan fingerprint density at radius 3 is 1.34 bits per heavy atom. The fourth-order valence-corrected chi connectivity index (χ4v) is 3.76. The Bertz CT molecular complexity index is 749. The van der Waals surface area contributed by atoms with E-state index in [1.54, 1.807) is 0 Å². The molecular weight excluding hydrogens is 511 g/mol. The summed E-state index contributed by atoms with van der Waals surface area (Å²) in [5, 5.41) is 0. The van der Waals surface area contributed by atoms with Crippen LogP contribution in [0, 0.1) is 29.1 Å². The third-order valence-corrected chi connectivity index (χ3v) is 5.97. The average Bonchev–Trinajstić information content (AvgIpc) is 2.91. The Balaban J connectivity index is 1.88. The number of carbonyl (C=O) groups is 1. The SMILES string of the molecule is CCCCCCCCCCCCCCCOCCOCCOCCC(=O)Oc1c(F)c(F)c(F)c(F)c1F. The maximum Gasteiger partial charge on any atom is 0.313 e. The van der Waals surface area contributed by atoms with Crippen molar-refractivity contribution in [1.29, 1.82) is 0 Å². The smallest absolute Gasteiger partial charge is 0.313 e. The molecule has 0 aromatic heterocycles. The number of ether oxygens (including phenoxy) is 4. The quantitative estimate of drug-likeness (QED) is 0.0326. The zero-order valence-corrected chi connectivity index (χ0v) is 22.6. The third kappa shape index (κ3) is 15.0. The second-order valence-corrected chi connectivity index (χ2v) is 9.20. The maximum absolute atomic E-state index is 13.5. The third-order valence-electron chi connectivity index (χ3n) is 5.97. The first-order valence-corrected chi connectivity index (χ1v) is 13.8. The molecule has 0 spiro atoms. The molecule has 220 valence electrons. The maximum atomic E-state index is 13.5. The summed E-state index contributed by atoms with van der Waals surface area (Å²) >= 11 is 0. The van der Waals surface area contributed by atoms with Crippen LogP contribution in [0.4, 0.5) is 22.0 Å². The number of hydrogen-bond donors (Lipinski definition) is 0. The van der Waals surface area contributed by atoms with Gasteiger partial charge in [0.15, 0.2) is 0 Å². The highest BCUT2D eigenvalue weighted by atomic mass is 19.2. The molecule has 0 aliphatic heterocycles. The van der Waals surface area contributed by atoms with E-state index in [2.05, 4.69) is 11.7 Å². The molecule has 0 unspecified atom stereocenters. The minimum absolute atomic E-state index is 0.147. The van der Waals surface area contributed by atoms with Crippen LogP contribution in [0.1, 0.15) is 96.8 Å². The molecule has 0 amide bonds. The first kappa shape index (κ1) is 34.2. The molecule has 0 radical (unpaired) electrons. The van der Waals surface area contributed by atoms with Gasteiger partial charge in [-0.05, 0) is 6.42 Å². The van der Waals surface area contributed by atoms with E-state index in [0.29, 0.717) is 19.8 Å². The molecule has 0 heterocycles. The van der Waals surface area contributed by atoms with Crippen molar-refractivity contribution in [3.63, 3.8) is 0 Å². The summed E-state index contributed by atoms with van der Waals surface area (Å²) in [6.07, 6.45) is 16.5. The van der Waals surface area contributed by atoms with Crippen LogP contribution in [0.2, 0.25) is 0 Å². The molecule has 0 N–H and O–H groups in total. The van der Waals surface area contributed by atoms with Gasteiger partial charge in [0.25, 0.3) is 0 Å². The minimum Gasteiger partial charge on any atom is -0.420 e. The Kier molecular flexibility index (Phi) is 19.9. The molecule has 1 aromatic rings. The van der Waals surface area contributed by atoms with E-state index in [-0.39, 0.29) is 19.8 Å². The van der Waals surface area contributed by atoms with E-state index >= 15 is 0 Å². The van der Waals surface area contributed by atoms with E-state index in [1.807, 2.05) is 0 Å². The first-order valence-electron chi connectivity index (χ1n) is 13.8. The molecule has 0 fully saturated rings. The highest BCUT2D eigenvalue weighted by Gasteiger charge is 2.28. The van der Waals surface area contributed by atoms with E-state index in [9.17, 15) is 26.7 Å². The molecule has 1 rings (SSSR count). The Morgan fingerprint density at radius 1 is 0.500 bits per heavy atom. The van der Waals surface area contributed by atoms with E-state index in [1.165, 1.54) is 77.0 Å². The number of unbranched alkanes of at least 4 members (excludes halogenated alkanes) is 12. The van der Waals surface area contributed by atoms with E-state index < -0.39 is 47.2 Å². The molecule has 38 heavy (non-hydrogen) atoms. The predicted molar refractivity (Wildman–Crippen MR) is 135 cm³/mol. The van der Waals surface area contributed by atoms with Gasteiger partial charge >= 0.3 is 5.97 Å². The fraction of sp³-hybridized carbons (Fsp3) is 0.750. The number of esters is 1. The van der Waals surface area contributed by atoms with Gasteiger partial charge in [-0.2, -0.15) is 8.78 Å². The number of benzene rings is 1. The predicted octanol–water partition coefficient (Wildman–Crippen LogP) is 7.82. The Morgan fingerprint density at radius 2 is 0.868 bits per heavy atom. The van der Waals surface area contributed by atoms with Gasteiger partial charge in [0.1, 0.15) is 0 Å². The van der Waals surface area contributed by atoms with Crippen LogP contribution in [0.3, 0.4) is 0 Å². The summed E-state index contributed by atoms with van der Waals surface area (Å²) in [6.45, 7) is 4.02. The monoisotopic (exact) mass is 554 g/mol. The number of rotatable bonds is 24. The molecule has 10 heteroatoms. The average molecular weight is 555 g/mol.